The van der Waals surface area contributed by atoms with Gasteiger partial charge in [0.15, 0.2) is 0 Å². The zero-order valence-electron chi connectivity index (χ0n) is 13.2. The second kappa shape index (κ2) is 6.51. The summed E-state index contributed by atoms with van der Waals surface area (Å²) in [4.78, 5) is 28.1. The molecule has 2 heterocycles. The summed E-state index contributed by atoms with van der Waals surface area (Å²) in [5.74, 6) is 0.748. The Kier molecular flexibility index (Phi) is 4.46. The second-order valence-electron chi connectivity index (χ2n) is 6.52. The van der Waals surface area contributed by atoms with E-state index in [4.69, 9.17) is 0 Å². The zero-order chi connectivity index (χ0) is 15.5. The van der Waals surface area contributed by atoms with Crippen molar-refractivity contribution in [2.24, 2.45) is 5.92 Å². The van der Waals surface area contributed by atoms with Crippen LogP contribution in [-0.2, 0) is 9.59 Å². The zero-order valence-corrected chi connectivity index (χ0v) is 13.2. The molecule has 0 N–H and O–H groups in total. The molecule has 0 aliphatic carbocycles. The third kappa shape index (κ3) is 3.16. The molecule has 1 unspecified atom stereocenters. The standard InChI is InChI=1S/C18H24N2O2/c1-19-10-7-16(13-17(19)21)18(22)20-11-8-15(9-12-20)14-5-3-2-4-6-14/h2-6,15-16H,7-13H2,1H3. The van der Waals surface area contributed by atoms with E-state index in [0.29, 0.717) is 18.9 Å². The molecule has 0 bridgehead atoms. The molecule has 4 heteroatoms. The van der Waals surface area contributed by atoms with Crippen molar-refractivity contribution in [2.45, 2.75) is 31.6 Å². The van der Waals surface area contributed by atoms with E-state index in [0.717, 1.165) is 32.4 Å². The summed E-state index contributed by atoms with van der Waals surface area (Å²) in [6.07, 6.45) is 3.24. The lowest BCUT2D eigenvalue weighted by Crippen LogP contribution is -2.46. The summed E-state index contributed by atoms with van der Waals surface area (Å²) < 4.78 is 0. The lowest BCUT2D eigenvalue weighted by atomic mass is 9.88. The van der Waals surface area contributed by atoms with Gasteiger partial charge in [0.25, 0.3) is 0 Å². The highest BCUT2D eigenvalue weighted by atomic mass is 16.2. The molecule has 2 amide bonds. The predicted molar refractivity (Wildman–Crippen MR) is 85.4 cm³/mol. The van der Waals surface area contributed by atoms with Crippen molar-refractivity contribution < 1.29 is 9.59 Å². The van der Waals surface area contributed by atoms with Gasteiger partial charge in [-0.15, -0.1) is 0 Å². The lowest BCUT2D eigenvalue weighted by molar-refractivity contribution is -0.145. The first-order valence-corrected chi connectivity index (χ1v) is 8.23. The summed E-state index contributed by atoms with van der Waals surface area (Å²) in [5.41, 5.74) is 1.38. The Morgan fingerprint density at radius 2 is 1.73 bits per heavy atom. The Morgan fingerprint density at radius 3 is 2.36 bits per heavy atom. The molecule has 2 fully saturated rings. The number of piperidine rings is 2. The maximum Gasteiger partial charge on any atom is 0.226 e. The molecule has 2 saturated heterocycles. The number of carbonyl (C=O) groups is 2. The smallest absolute Gasteiger partial charge is 0.226 e. The van der Waals surface area contributed by atoms with Gasteiger partial charge in [-0.3, -0.25) is 9.59 Å². The monoisotopic (exact) mass is 300 g/mol. The SMILES string of the molecule is CN1CCC(C(=O)N2CCC(c3ccccc3)CC2)CC1=O. The van der Waals surface area contributed by atoms with Gasteiger partial charge in [0, 0.05) is 39.0 Å². The summed E-state index contributed by atoms with van der Waals surface area (Å²) in [5, 5.41) is 0. The molecule has 1 aromatic rings. The first kappa shape index (κ1) is 15.1. The average molecular weight is 300 g/mol. The Labute approximate surface area is 132 Å². The van der Waals surface area contributed by atoms with E-state index < -0.39 is 0 Å². The highest BCUT2D eigenvalue weighted by Gasteiger charge is 2.33. The highest BCUT2D eigenvalue weighted by molar-refractivity contribution is 5.87. The van der Waals surface area contributed by atoms with Crippen molar-refractivity contribution in [3.63, 3.8) is 0 Å². The summed E-state index contributed by atoms with van der Waals surface area (Å²) in [6.45, 7) is 2.34. The van der Waals surface area contributed by atoms with Crippen LogP contribution in [0.1, 0.15) is 37.2 Å². The van der Waals surface area contributed by atoms with Crippen molar-refractivity contribution in [3.8, 4) is 0 Å². The molecular formula is C18H24N2O2. The van der Waals surface area contributed by atoms with Gasteiger partial charge in [0.2, 0.25) is 11.8 Å². The fourth-order valence-corrected chi connectivity index (χ4v) is 3.57. The van der Waals surface area contributed by atoms with E-state index in [9.17, 15) is 9.59 Å². The number of nitrogens with zero attached hydrogens (tertiary/aromatic N) is 2. The van der Waals surface area contributed by atoms with Crippen LogP contribution < -0.4 is 0 Å². The van der Waals surface area contributed by atoms with Gasteiger partial charge >= 0.3 is 0 Å². The van der Waals surface area contributed by atoms with E-state index in [2.05, 4.69) is 24.3 Å². The van der Waals surface area contributed by atoms with E-state index in [1.54, 1.807) is 4.90 Å². The third-order valence-corrected chi connectivity index (χ3v) is 5.09. The number of hydrogen-bond acceptors (Lipinski definition) is 2. The number of amides is 2. The Hall–Kier alpha value is -1.84. The molecule has 118 valence electrons. The molecule has 1 aromatic carbocycles. The topological polar surface area (TPSA) is 40.6 Å². The Bertz CT molecular complexity index is 535. The van der Waals surface area contributed by atoms with E-state index >= 15 is 0 Å². The second-order valence-corrected chi connectivity index (χ2v) is 6.52. The van der Waals surface area contributed by atoms with Crippen LogP contribution in [-0.4, -0.2) is 48.3 Å². The van der Waals surface area contributed by atoms with E-state index in [1.807, 2.05) is 18.0 Å². The van der Waals surface area contributed by atoms with Crippen LogP contribution in [0.25, 0.3) is 0 Å². The largest absolute Gasteiger partial charge is 0.346 e. The molecule has 1 atom stereocenters. The van der Waals surface area contributed by atoms with Gasteiger partial charge in [0.1, 0.15) is 0 Å². The number of likely N-dealkylation sites (tertiary alicyclic amines) is 2. The Balaban J connectivity index is 1.55. The third-order valence-electron chi connectivity index (χ3n) is 5.09. The quantitative estimate of drug-likeness (QED) is 0.840. The molecule has 22 heavy (non-hydrogen) atoms. The number of benzene rings is 1. The van der Waals surface area contributed by atoms with Crippen molar-refractivity contribution in [3.05, 3.63) is 35.9 Å². The van der Waals surface area contributed by atoms with Crippen LogP contribution in [0, 0.1) is 5.92 Å². The molecule has 3 rings (SSSR count). The number of hydrogen-bond donors (Lipinski definition) is 0. The van der Waals surface area contributed by atoms with Gasteiger partial charge < -0.3 is 9.80 Å². The summed E-state index contributed by atoms with van der Waals surface area (Å²) in [7, 11) is 1.81. The maximum atomic E-state index is 12.6. The molecule has 0 radical (unpaired) electrons. The van der Waals surface area contributed by atoms with Gasteiger partial charge in [-0.2, -0.15) is 0 Å². The number of carbonyl (C=O) groups excluding carboxylic acids is 2. The van der Waals surface area contributed by atoms with Gasteiger partial charge in [-0.1, -0.05) is 30.3 Å². The molecule has 0 saturated carbocycles. The minimum absolute atomic E-state index is 0.100. The first-order chi connectivity index (χ1) is 10.6. The van der Waals surface area contributed by atoms with E-state index in [1.165, 1.54) is 5.56 Å². The van der Waals surface area contributed by atoms with Crippen LogP contribution >= 0.6 is 0 Å². The van der Waals surface area contributed by atoms with Crippen molar-refractivity contribution >= 4 is 11.8 Å². The number of rotatable bonds is 2. The summed E-state index contributed by atoms with van der Waals surface area (Å²) in [6, 6.07) is 10.6. The minimum atomic E-state index is -0.100. The minimum Gasteiger partial charge on any atom is -0.346 e. The highest BCUT2D eigenvalue weighted by Crippen LogP contribution is 2.29. The first-order valence-electron chi connectivity index (χ1n) is 8.23. The normalized spacial score (nSPS) is 23.7. The van der Waals surface area contributed by atoms with Crippen LogP contribution in [0.4, 0.5) is 0 Å². The van der Waals surface area contributed by atoms with Crippen molar-refractivity contribution in [1.82, 2.24) is 9.80 Å². The molecule has 0 aromatic heterocycles. The van der Waals surface area contributed by atoms with Crippen molar-refractivity contribution in [1.29, 1.82) is 0 Å². The molecular weight excluding hydrogens is 276 g/mol. The van der Waals surface area contributed by atoms with Gasteiger partial charge in [-0.25, -0.2) is 0 Å². The fraction of sp³-hybridized carbons (Fsp3) is 0.556. The average Bonchev–Trinajstić information content (AvgIpc) is 2.58. The lowest BCUT2D eigenvalue weighted by Gasteiger charge is -2.36. The van der Waals surface area contributed by atoms with Crippen LogP contribution in [0.15, 0.2) is 30.3 Å². The molecule has 2 aliphatic heterocycles. The van der Waals surface area contributed by atoms with Gasteiger partial charge in [-0.05, 0) is 30.7 Å². The van der Waals surface area contributed by atoms with E-state index in [-0.39, 0.29) is 17.7 Å². The predicted octanol–water partition coefficient (Wildman–Crippen LogP) is 2.26. The maximum absolute atomic E-state index is 12.6. The van der Waals surface area contributed by atoms with Crippen LogP contribution in [0.3, 0.4) is 0 Å². The molecule has 4 nitrogen and oxygen atoms in total. The Morgan fingerprint density at radius 1 is 1.05 bits per heavy atom. The molecule has 2 aliphatic rings. The fourth-order valence-electron chi connectivity index (χ4n) is 3.57. The van der Waals surface area contributed by atoms with Crippen LogP contribution in [0.5, 0.6) is 0 Å². The van der Waals surface area contributed by atoms with Gasteiger partial charge in [0.05, 0.1) is 0 Å². The van der Waals surface area contributed by atoms with Crippen LogP contribution in [0.2, 0.25) is 0 Å². The molecule has 0 spiro atoms. The summed E-state index contributed by atoms with van der Waals surface area (Å²) >= 11 is 0. The van der Waals surface area contributed by atoms with Crippen molar-refractivity contribution in [2.75, 3.05) is 26.7 Å².